The van der Waals surface area contributed by atoms with Crippen molar-refractivity contribution in [2.75, 3.05) is 18.2 Å². The van der Waals surface area contributed by atoms with Gasteiger partial charge in [0, 0.05) is 5.88 Å². The smallest absolute Gasteiger partial charge is 0.156 e. The monoisotopic (exact) mass is 254 g/mol. The summed E-state index contributed by atoms with van der Waals surface area (Å²) in [4.78, 5) is 0. The van der Waals surface area contributed by atoms with Crippen molar-refractivity contribution in [1.82, 2.24) is 0 Å². The van der Waals surface area contributed by atoms with Gasteiger partial charge in [-0.05, 0) is 6.42 Å². The van der Waals surface area contributed by atoms with E-state index in [1.807, 2.05) is 0 Å². The average Bonchev–Trinajstić information content (AvgIpc) is 2.22. The Balaban J connectivity index is 3.01. The van der Waals surface area contributed by atoms with Gasteiger partial charge in [0.1, 0.15) is 0 Å². The van der Waals surface area contributed by atoms with Crippen LogP contribution in [0.1, 0.15) is 51.9 Å². The lowest BCUT2D eigenvalue weighted by Gasteiger charge is -2.02. The Morgan fingerprint density at radius 2 is 1.67 bits per heavy atom. The minimum Gasteiger partial charge on any atom is -0.291 e. The van der Waals surface area contributed by atoms with E-state index in [4.69, 9.17) is 15.8 Å². The molecule has 0 aliphatic rings. The second-order valence-electron chi connectivity index (χ2n) is 3.64. The summed E-state index contributed by atoms with van der Waals surface area (Å²) in [5.41, 5.74) is 0. The van der Waals surface area contributed by atoms with Crippen LogP contribution in [0.15, 0.2) is 0 Å². The van der Waals surface area contributed by atoms with Crippen molar-refractivity contribution in [1.29, 1.82) is 0 Å². The Morgan fingerprint density at radius 3 is 2.27 bits per heavy atom. The van der Waals surface area contributed by atoms with Crippen LogP contribution in [0, 0.1) is 0 Å². The van der Waals surface area contributed by atoms with E-state index in [0.29, 0.717) is 18.2 Å². The molecule has 0 saturated carbocycles. The third kappa shape index (κ3) is 12.3. The zero-order valence-electron chi connectivity index (χ0n) is 9.67. The molecular weight excluding hydrogens is 232 g/mol. The number of alkyl halides is 1. The zero-order valence-corrected chi connectivity index (χ0v) is 11.2. The van der Waals surface area contributed by atoms with Crippen LogP contribution in [0.4, 0.5) is 0 Å². The molecule has 1 atom stereocenters. The van der Waals surface area contributed by atoms with Crippen LogP contribution >= 0.6 is 11.6 Å². The Kier molecular flexibility index (Phi) is 12.8. The highest BCUT2D eigenvalue weighted by Gasteiger charge is 1.98. The highest BCUT2D eigenvalue weighted by Crippen LogP contribution is 2.07. The van der Waals surface area contributed by atoms with Gasteiger partial charge in [-0.3, -0.25) is 4.18 Å². The highest BCUT2D eigenvalue weighted by atomic mass is 35.5. The Morgan fingerprint density at radius 1 is 1.07 bits per heavy atom. The molecule has 0 aliphatic carbocycles. The fourth-order valence-corrected chi connectivity index (χ4v) is 2.26. The van der Waals surface area contributed by atoms with E-state index in [1.54, 1.807) is 0 Å². The van der Waals surface area contributed by atoms with Crippen LogP contribution < -0.4 is 0 Å². The first kappa shape index (κ1) is 15.4. The normalized spacial score (nSPS) is 12.9. The van der Waals surface area contributed by atoms with Gasteiger partial charge in [-0.1, -0.05) is 45.4 Å². The molecule has 0 amide bonds. The fourth-order valence-electron chi connectivity index (χ4n) is 1.33. The Bertz CT molecular complexity index is 154. The summed E-state index contributed by atoms with van der Waals surface area (Å²) >= 11 is 4.27. The molecule has 0 aliphatic heterocycles. The maximum Gasteiger partial charge on any atom is 0.156 e. The predicted octanol–water partition coefficient (Wildman–Crippen LogP) is 3.66. The standard InChI is InChI=1S/C11H23ClO2S/c1-2-3-4-5-6-7-8-10-14-15(13)11-9-12/h2-11H2,1H3. The van der Waals surface area contributed by atoms with E-state index in [2.05, 4.69) is 6.92 Å². The molecule has 0 spiro atoms. The van der Waals surface area contributed by atoms with Crippen molar-refractivity contribution in [3.63, 3.8) is 0 Å². The number of rotatable bonds is 11. The van der Waals surface area contributed by atoms with Gasteiger partial charge in [-0.25, -0.2) is 4.21 Å². The summed E-state index contributed by atoms with van der Waals surface area (Å²) in [5.74, 6) is 0.849. The summed E-state index contributed by atoms with van der Waals surface area (Å²) < 4.78 is 16.1. The van der Waals surface area contributed by atoms with E-state index in [-0.39, 0.29) is 0 Å². The SMILES string of the molecule is CCCCCCCCCOS(=O)CCCl. The van der Waals surface area contributed by atoms with Gasteiger partial charge < -0.3 is 0 Å². The number of unbranched alkanes of at least 4 members (excludes halogenated alkanes) is 6. The first-order chi connectivity index (χ1) is 7.31. The molecule has 0 saturated heterocycles. The van der Waals surface area contributed by atoms with Crippen molar-refractivity contribution >= 4 is 22.7 Å². The lowest BCUT2D eigenvalue weighted by molar-refractivity contribution is 0.332. The van der Waals surface area contributed by atoms with Gasteiger partial charge in [0.05, 0.1) is 12.4 Å². The van der Waals surface area contributed by atoms with Crippen molar-refractivity contribution < 1.29 is 8.39 Å². The molecule has 0 rings (SSSR count). The predicted molar refractivity (Wildman–Crippen MR) is 67.7 cm³/mol. The van der Waals surface area contributed by atoms with Gasteiger partial charge in [0.15, 0.2) is 11.1 Å². The maximum absolute atomic E-state index is 11.0. The van der Waals surface area contributed by atoms with Crippen LogP contribution in [0.3, 0.4) is 0 Å². The molecular formula is C11H23ClO2S. The van der Waals surface area contributed by atoms with Gasteiger partial charge in [-0.15, -0.1) is 11.6 Å². The second-order valence-corrected chi connectivity index (χ2v) is 5.27. The van der Waals surface area contributed by atoms with Crippen LogP contribution in [0.5, 0.6) is 0 Å². The zero-order chi connectivity index (χ0) is 11.4. The van der Waals surface area contributed by atoms with E-state index in [9.17, 15) is 4.21 Å². The van der Waals surface area contributed by atoms with Crippen LogP contribution in [0.2, 0.25) is 0 Å². The lowest BCUT2D eigenvalue weighted by atomic mass is 10.1. The summed E-state index contributed by atoms with van der Waals surface area (Å²) in [7, 11) is 0. The second kappa shape index (κ2) is 12.5. The third-order valence-electron chi connectivity index (χ3n) is 2.21. The molecule has 0 heterocycles. The van der Waals surface area contributed by atoms with Gasteiger partial charge in [0.2, 0.25) is 0 Å². The van der Waals surface area contributed by atoms with Crippen molar-refractivity contribution in [3.05, 3.63) is 0 Å². The summed E-state index contributed by atoms with van der Waals surface area (Å²) in [6, 6.07) is 0. The van der Waals surface area contributed by atoms with E-state index >= 15 is 0 Å². The van der Waals surface area contributed by atoms with Crippen molar-refractivity contribution in [2.24, 2.45) is 0 Å². The van der Waals surface area contributed by atoms with Crippen molar-refractivity contribution in [2.45, 2.75) is 51.9 Å². The van der Waals surface area contributed by atoms with Gasteiger partial charge in [0.25, 0.3) is 0 Å². The molecule has 4 heteroatoms. The van der Waals surface area contributed by atoms with Crippen LogP contribution in [-0.2, 0) is 15.3 Å². The molecule has 0 radical (unpaired) electrons. The molecule has 92 valence electrons. The maximum atomic E-state index is 11.0. The molecule has 0 N–H and O–H groups in total. The number of hydrogen-bond donors (Lipinski definition) is 0. The summed E-state index contributed by atoms with van der Waals surface area (Å²) in [5, 5.41) is 0. The number of halogens is 1. The molecule has 0 aromatic heterocycles. The minimum atomic E-state index is -1.16. The summed E-state index contributed by atoms with van der Waals surface area (Å²) in [6.45, 7) is 2.83. The van der Waals surface area contributed by atoms with Gasteiger partial charge in [-0.2, -0.15) is 0 Å². The Hall–Kier alpha value is 0.400. The average molecular weight is 255 g/mol. The van der Waals surface area contributed by atoms with Crippen molar-refractivity contribution in [3.8, 4) is 0 Å². The van der Waals surface area contributed by atoms with E-state index in [0.717, 1.165) is 6.42 Å². The molecule has 0 aromatic rings. The van der Waals surface area contributed by atoms with Gasteiger partial charge >= 0.3 is 0 Å². The van der Waals surface area contributed by atoms with Crippen LogP contribution in [0.25, 0.3) is 0 Å². The summed E-state index contributed by atoms with van der Waals surface area (Å²) in [6.07, 6.45) is 8.76. The first-order valence-electron chi connectivity index (χ1n) is 5.89. The largest absolute Gasteiger partial charge is 0.291 e. The first-order valence-corrected chi connectivity index (χ1v) is 7.66. The minimum absolute atomic E-state index is 0.406. The molecule has 0 fully saturated rings. The fraction of sp³-hybridized carbons (Fsp3) is 1.00. The topological polar surface area (TPSA) is 26.3 Å². The molecule has 2 nitrogen and oxygen atoms in total. The third-order valence-corrected chi connectivity index (χ3v) is 3.59. The van der Waals surface area contributed by atoms with E-state index in [1.165, 1.54) is 38.5 Å². The Labute approximate surface area is 101 Å². The lowest BCUT2D eigenvalue weighted by Crippen LogP contribution is -2.04. The van der Waals surface area contributed by atoms with Crippen LogP contribution in [-0.4, -0.2) is 22.4 Å². The molecule has 15 heavy (non-hydrogen) atoms. The number of hydrogen-bond acceptors (Lipinski definition) is 2. The quantitative estimate of drug-likeness (QED) is 0.416. The molecule has 1 unspecified atom stereocenters. The molecule has 0 bridgehead atoms. The van der Waals surface area contributed by atoms with E-state index < -0.39 is 11.1 Å². The highest BCUT2D eigenvalue weighted by molar-refractivity contribution is 7.80. The molecule has 0 aromatic carbocycles.